The van der Waals surface area contributed by atoms with E-state index in [-0.39, 0.29) is 18.5 Å². The van der Waals surface area contributed by atoms with E-state index in [1.807, 2.05) is 0 Å². The maximum atomic E-state index is 6.57. The van der Waals surface area contributed by atoms with E-state index in [1.165, 1.54) is 39.0 Å². The minimum atomic E-state index is 0.0465. The number of anilines is 3. The Morgan fingerprint density at radius 3 is 2.35 bits per heavy atom. The molecule has 10 rings (SSSR count). The Labute approximate surface area is 281 Å². The van der Waals surface area contributed by atoms with Crippen LogP contribution < -0.4 is 14.7 Å². The molecule has 0 N–H and O–H groups in total. The maximum Gasteiger partial charge on any atom is 0.159 e. The van der Waals surface area contributed by atoms with E-state index in [4.69, 9.17) is 4.42 Å². The first-order valence-electron chi connectivity index (χ1n) is 17.1. The number of aryl methyl sites for hydroxylation is 1. The summed E-state index contributed by atoms with van der Waals surface area (Å²) in [6, 6.07) is 30.7. The van der Waals surface area contributed by atoms with Crippen molar-refractivity contribution < 1.29 is 4.42 Å². The van der Waals surface area contributed by atoms with Gasteiger partial charge in [-0.05, 0) is 54.8 Å². The van der Waals surface area contributed by atoms with Crippen molar-refractivity contribution in [3.63, 3.8) is 0 Å². The second-order valence-corrected chi connectivity index (χ2v) is 13.6. The Morgan fingerprint density at radius 1 is 0.688 bits per heavy atom. The average Bonchev–Trinajstić information content (AvgIpc) is 3.92. The van der Waals surface area contributed by atoms with Crippen LogP contribution in [0.5, 0.6) is 0 Å². The van der Waals surface area contributed by atoms with Crippen molar-refractivity contribution in [2.24, 2.45) is 0 Å². The van der Waals surface area contributed by atoms with Crippen molar-refractivity contribution in [3.05, 3.63) is 145 Å². The first kappa shape index (κ1) is 27.5. The van der Waals surface area contributed by atoms with Gasteiger partial charge in [0.1, 0.15) is 24.1 Å². The summed E-state index contributed by atoms with van der Waals surface area (Å²) in [5.74, 6) is 0. The zero-order valence-electron chi connectivity index (χ0n) is 27.3. The Kier molecular flexibility index (Phi) is 6.01. The van der Waals surface area contributed by atoms with Crippen molar-refractivity contribution in [1.29, 1.82) is 0 Å². The smallest absolute Gasteiger partial charge is 0.159 e. The average molecular weight is 631 g/mol. The number of nitrogens with zero attached hydrogens (tertiary/aromatic N) is 6. The van der Waals surface area contributed by atoms with Crippen LogP contribution in [0.3, 0.4) is 0 Å². The second-order valence-electron chi connectivity index (χ2n) is 13.6. The van der Waals surface area contributed by atoms with Gasteiger partial charge in [0, 0.05) is 97.0 Å². The number of furan rings is 1. The van der Waals surface area contributed by atoms with E-state index < -0.39 is 0 Å². The van der Waals surface area contributed by atoms with Gasteiger partial charge in [-0.3, -0.25) is 0 Å². The fourth-order valence-electron chi connectivity index (χ4n) is 8.56. The van der Waals surface area contributed by atoms with E-state index in [2.05, 4.69) is 172 Å². The number of hydrogen-bond acceptors (Lipinski definition) is 7. The molecule has 238 valence electrons. The largest absolute Gasteiger partial charge is 0.454 e. The number of fused-ring (bicyclic) bond motifs is 12. The van der Waals surface area contributed by atoms with Crippen LogP contribution in [-0.4, -0.2) is 53.3 Å². The van der Waals surface area contributed by atoms with Crippen LogP contribution in [-0.2, 0) is 6.42 Å². The number of benzene rings is 4. The minimum Gasteiger partial charge on any atom is -0.454 e. The summed E-state index contributed by atoms with van der Waals surface area (Å²) in [6.07, 6.45) is 18.4. The predicted molar refractivity (Wildman–Crippen MR) is 195 cm³/mol. The molecule has 0 fully saturated rings. The molecule has 0 saturated carbocycles. The molecule has 0 saturated heterocycles. The van der Waals surface area contributed by atoms with Gasteiger partial charge in [0.2, 0.25) is 0 Å². The van der Waals surface area contributed by atoms with Gasteiger partial charge in [-0.2, -0.15) is 0 Å². The summed E-state index contributed by atoms with van der Waals surface area (Å²) in [7, 11) is 2.18. The lowest BCUT2D eigenvalue weighted by Gasteiger charge is -2.34. The van der Waals surface area contributed by atoms with Crippen molar-refractivity contribution >= 4 is 44.6 Å². The molecule has 2 bridgehead atoms. The zero-order chi connectivity index (χ0) is 31.9. The molecule has 1 aromatic heterocycles. The Bertz CT molecular complexity index is 2210. The van der Waals surface area contributed by atoms with Crippen LogP contribution in [0.2, 0.25) is 0 Å². The molecule has 5 aliphatic heterocycles. The highest BCUT2D eigenvalue weighted by Crippen LogP contribution is 2.50. The van der Waals surface area contributed by atoms with Gasteiger partial charge in [0.25, 0.3) is 0 Å². The van der Waals surface area contributed by atoms with Gasteiger partial charge in [-0.15, -0.1) is 0 Å². The summed E-state index contributed by atoms with van der Waals surface area (Å²) >= 11 is 0. The molecule has 4 aromatic carbocycles. The third-order valence-electron chi connectivity index (χ3n) is 10.9. The molecule has 0 aliphatic carbocycles. The van der Waals surface area contributed by atoms with Gasteiger partial charge in [-0.25, -0.2) is 0 Å². The monoisotopic (exact) mass is 630 g/mol. The minimum absolute atomic E-state index is 0.0465. The molecule has 5 aromatic rings. The van der Waals surface area contributed by atoms with Crippen molar-refractivity contribution in [2.45, 2.75) is 38.3 Å². The summed E-state index contributed by atoms with van der Waals surface area (Å²) in [5.41, 5.74) is 10.8. The van der Waals surface area contributed by atoms with Crippen molar-refractivity contribution in [2.75, 3.05) is 34.8 Å². The highest BCUT2D eigenvalue weighted by atomic mass is 16.3. The molecule has 3 atom stereocenters. The highest BCUT2D eigenvalue weighted by Gasteiger charge is 2.42. The van der Waals surface area contributed by atoms with E-state index >= 15 is 0 Å². The molecule has 48 heavy (non-hydrogen) atoms. The molecule has 6 heterocycles. The van der Waals surface area contributed by atoms with Gasteiger partial charge in [-0.1, -0.05) is 60.7 Å². The van der Waals surface area contributed by atoms with Crippen molar-refractivity contribution in [1.82, 2.24) is 14.7 Å². The van der Waals surface area contributed by atoms with Crippen LogP contribution in [0, 0.1) is 6.92 Å². The summed E-state index contributed by atoms with van der Waals surface area (Å²) in [5, 5.41) is 2.33. The third-order valence-corrected chi connectivity index (χ3v) is 10.9. The summed E-state index contributed by atoms with van der Waals surface area (Å²) < 4.78 is 6.57. The van der Waals surface area contributed by atoms with Gasteiger partial charge in [0.05, 0.1) is 5.69 Å². The summed E-state index contributed by atoms with van der Waals surface area (Å²) in [4.78, 5) is 14.7. The SMILES string of the molecule is Cc1ccccc1N1C=CN2CCCN3C=CN(c4ccccc4CC21)C3/C=C1\c2ccc3c(oc4ccccc43)c2N2C=CN(C)C12. The molecule has 0 amide bonds. The van der Waals surface area contributed by atoms with E-state index in [0.717, 1.165) is 48.2 Å². The van der Waals surface area contributed by atoms with Crippen LogP contribution in [0.15, 0.2) is 133 Å². The Balaban J connectivity index is 1.08. The Morgan fingerprint density at radius 2 is 1.44 bits per heavy atom. The lowest BCUT2D eigenvalue weighted by atomic mass is 10.0. The quantitative estimate of drug-likeness (QED) is 0.195. The molecule has 0 spiro atoms. The molecule has 7 nitrogen and oxygen atoms in total. The molecule has 5 aliphatic rings. The molecular formula is C41H38N6O. The lowest BCUT2D eigenvalue weighted by molar-refractivity contribution is 0.268. The molecular weight excluding hydrogens is 592 g/mol. The predicted octanol–water partition coefficient (Wildman–Crippen LogP) is 8.03. The number of hydrogen-bond donors (Lipinski definition) is 0. The Hall–Kier alpha value is -5.56. The summed E-state index contributed by atoms with van der Waals surface area (Å²) in [6.45, 7) is 4.17. The van der Waals surface area contributed by atoms with Crippen LogP contribution in [0.4, 0.5) is 17.1 Å². The van der Waals surface area contributed by atoms with Gasteiger partial charge in [0.15, 0.2) is 5.58 Å². The van der Waals surface area contributed by atoms with E-state index in [1.54, 1.807) is 0 Å². The third kappa shape index (κ3) is 4.00. The topological polar surface area (TPSA) is 32.6 Å². The van der Waals surface area contributed by atoms with Crippen LogP contribution in [0.1, 0.15) is 23.1 Å². The number of para-hydroxylation sites is 3. The first-order valence-corrected chi connectivity index (χ1v) is 17.1. The highest BCUT2D eigenvalue weighted by molar-refractivity contribution is 6.13. The fraction of sp³-hybridized carbons (Fsp3) is 0.220. The first-order chi connectivity index (χ1) is 23.6. The normalized spacial score (nSPS) is 23.5. The number of likely N-dealkylation sites (N-methyl/N-ethyl adjacent to an activating group) is 1. The van der Waals surface area contributed by atoms with Gasteiger partial charge >= 0.3 is 0 Å². The number of rotatable bonds is 2. The maximum absolute atomic E-state index is 6.57. The fourth-order valence-corrected chi connectivity index (χ4v) is 8.56. The molecule has 3 unspecified atom stereocenters. The molecule has 7 heteroatoms. The van der Waals surface area contributed by atoms with Crippen LogP contribution in [0.25, 0.3) is 27.5 Å². The molecule has 0 radical (unpaired) electrons. The van der Waals surface area contributed by atoms with Crippen molar-refractivity contribution in [3.8, 4) is 0 Å². The zero-order valence-corrected chi connectivity index (χ0v) is 27.3. The standard InChI is InChI=1S/C41H38N6O/c1-28-10-3-6-13-34(28)45-24-21-43-18-9-19-44-22-25-46(35-14-7-4-11-29(35)26-37(43)45)38(44)27-33-31-16-17-32-30-12-5-8-15-36(30)48-40(32)39(31)47-23-20-42(2)41(33)47/h3-8,10-17,20-25,27,37-38,41H,9,18-19,26H2,1-2H3/b33-27+. The van der Waals surface area contributed by atoms with Gasteiger partial charge < -0.3 is 33.8 Å². The lowest BCUT2D eigenvalue weighted by Crippen LogP contribution is -2.41. The van der Waals surface area contributed by atoms with Crippen LogP contribution >= 0.6 is 0 Å². The van der Waals surface area contributed by atoms with E-state index in [0.29, 0.717) is 0 Å². The van der Waals surface area contributed by atoms with E-state index in [9.17, 15) is 0 Å². The second kappa shape index (κ2) is 10.5.